The second-order valence-electron chi connectivity index (χ2n) is 7.19. The third-order valence-electron chi connectivity index (χ3n) is 5.65. The van der Waals surface area contributed by atoms with Gasteiger partial charge in [0.2, 0.25) is 17.7 Å². The van der Waals surface area contributed by atoms with Gasteiger partial charge in [-0.1, -0.05) is 32.1 Å². The number of aryl methyl sites for hydroxylation is 1. The van der Waals surface area contributed by atoms with Gasteiger partial charge in [0.1, 0.15) is 6.04 Å². The van der Waals surface area contributed by atoms with Gasteiger partial charge in [-0.15, -0.1) is 10.2 Å². The van der Waals surface area contributed by atoms with E-state index in [2.05, 4.69) is 10.2 Å². The number of morpholine rings is 1. The highest BCUT2D eigenvalue weighted by atomic mass is 16.5. The largest absolute Gasteiger partial charge is 0.423 e. The van der Waals surface area contributed by atoms with Crippen LogP contribution in [0.15, 0.2) is 4.42 Å². The maximum Gasteiger partial charge on any atom is 0.241 e. The molecule has 3 aliphatic rings. The van der Waals surface area contributed by atoms with Gasteiger partial charge in [-0.05, 0) is 18.3 Å². The molecule has 2 heterocycles. The van der Waals surface area contributed by atoms with Crippen molar-refractivity contribution in [1.29, 1.82) is 0 Å². The molecule has 1 saturated heterocycles. The average molecular weight is 319 g/mol. The van der Waals surface area contributed by atoms with Crippen molar-refractivity contribution < 1.29 is 13.9 Å². The molecule has 2 saturated carbocycles. The number of hydrogen-bond donors (Lipinski definition) is 0. The van der Waals surface area contributed by atoms with Crippen molar-refractivity contribution in [3.63, 3.8) is 0 Å². The van der Waals surface area contributed by atoms with E-state index in [1.54, 1.807) is 6.92 Å². The van der Waals surface area contributed by atoms with Crippen molar-refractivity contribution in [2.24, 2.45) is 17.8 Å². The third-order valence-corrected chi connectivity index (χ3v) is 5.65. The summed E-state index contributed by atoms with van der Waals surface area (Å²) in [6, 6.07) is -0.218. The van der Waals surface area contributed by atoms with Crippen LogP contribution in [0.5, 0.6) is 0 Å². The Hall–Kier alpha value is -1.43. The number of nitrogens with zero attached hydrogens (tertiary/aromatic N) is 3. The number of aromatic nitrogens is 2. The molecule has 6 heteroatoms. The van der Waals surface area contributed by atoms with Crippen LogP contribution in [0.3, 0.4) is 0 Å². The topological polar surface area (TPSA) is 68.5 Å². The Morgan fingerprint density at radius 3 is 2.78 bits per heavy atom. The van der Waals surface area contributed by atoms with Crippen LogP contribution in [0.1, 0.15) is 56.3 Å². The van der Waals surface area contributed by atoms with Crippen molar-refractivity contribution in [2.45, 2.75) is 51.5 Å². The monoisotopic (exact) mass is 319 g/mol. The first-order valence-electron chi connectivity index (χ1n) is 8.92. The molecule has 1 aromatic rings. The molecule has 0 bridgehead atoms. The smallest absolute Gasteiger partial charge is 0.241 e. The molecular formula is C17H25N3O3. The molecule has 4 rings (SSSR count). The second kappa shape index (κ2) is 6.23. The van der Waals surface area contributed by atoms with Gasteiger partial charge in [0.05, 0.1) is 13.2 Å². The van der Waals surface area contributed by atoms with Gasteiger partial charge in [-0.2, -0.15) is 0 Å². The number of ether oxygens (including phenoxy) is 1. The molecule has 6 nitrogen and oxygen atoms in total. The number of hydrogen-bond acceptors (Lipinski definition) is 5. The zero-order chi connectivity index (χ0) is 15.8. The van der Waals surface area contributed by atoms with E-state index in [0.717, 1.165) is 12.3 Å². The standard InChI is InChI=1S/C17H25N3O3/c1-11-18-19-16(23-11)15-10-22-8-7-20(15)17(21)14-9-13(14)12-5-3-2-4-6-12/h12-15H,2-10H2,1H3/t13-,14+,15+/m1/s1. The summed E-state index contributed by atoms with van der Waals surface area (Å²) in [5.74, 6) is 2.89. The molecular weight excluding hydrogens is 294 g/mol. The van der Waals surface area contributed by atoms with Crippen LogP contribution < -0.4 is 0 Å². The maximum atomic E-state index is 13.0. The Bertz CT molecular complexity index is 567. The van der Waals surface area contributed by atoms with E-state index in [9.17, 15) is 4.79 Å². The molecule has 3 fully saturated rings. The van der Waals surface area contributed by atoms with E-state index < -0.39 is 0 Å². The van der Waals surface area contributed by atoms with Crippen LogP contribution in [-0.2, 0) is 9.53 Å². The number of rotatable bonds is 3. The van der Waals surface area contributed by atoms with Gasteiger partial charge in [-0.3, -0.25) is 4.79 Å². The zero-order valence-electron chi connectivity index (χ0n) is 13.7. The molecule has 3 atom stereocenters. The van der Waals surface area contributed by atoms with Crippen molar-refractivity contribution in [3.8, 4) is 0 Å². The van der Waals surface area contributed by atoms with Crippen LogP contribution >= 0.6 is 0 Å². The average Bonchev–Trinajstić information content (AvgIpc) is 3.29. The first-order valence-corrected chi connectivity index (χ1v) is 8.92. The van der Waals surface area contributed by atoms with Gasteiger partial charge in [0.25, 0.3) is 0 Å². The zero-order valence-corrected chi connectivity index (χ0v) is 13.7. The van der Waals surface area contributed by atoms with Gasteiger partial charge in [0.15, 0.2) is 0 Å². The molecule has 126 valence electrons. The van der Waals surface area contributed by atoms with E-state index in [-0.39, 0.29) is 17.9 Å². The first kappa shape index (κ1) is 15.1. The number of amides is 1. The molecule has 0 spiro atoms. The maximum absolute atomic E-state index is 13.0. The lowest BCUT2D eigenvalue weighted by molar-refractivity contribution is -0.143. The normalized spacial score (nSPS) is 32.0. The molecule has 1 aliphatic heterocycles. The summed E-state index contributed by atoms with van der Waals surface area (Å²) in [5.41, 5.74) is 0. The van der Waals surface area contributed by atoms with E-state index >= 15 is 0 Å². The van der Waals surface area contributed by atoms with Gasteiger partial charge < -0.3 is 14.1 Å². The lowest BCUT2D eigenvalue weighted by Crippen LogP contribution is -2.44. The Kier molecular flexibility index (Phi) is 4.09. The molecule has 2 aliphatic carbocycles. The Morgan fingerprint density at radius 1 is 1.22 bits per heavy atom. The molecule has 0 radical (unpaired) electrons. The fraction of sp³-hybridized carbons (Fsp3) is 0.824. The summed E-state index contributed by atoms with van der Waals surface area (Å²) in [7, 11) is 0. The quantitative estimate of drug-likeness (QED) is 0.856. The van der Waals surface area contributed by atoms with Crippen LogP contribution in [0.2, 0.25) is 0 Å². The predicted molar refractivity (Wildman–Crippen MR) is 82.5 cm³/mol. The third kappa shape index (κ3) is 3.01. The van der Waals surface area contributed by atoms with Crippen LogP contribution in [0.25, 0.3) is 0 Å². The summed E-state index contributed by atoms with van der Waals surface area (Å²) in [6.45, 7) is 3.44. The summed E-state index contributed by atoms with van der Waals surface area (Å²) in [4.78, 5) is 14.9. The van der Waals surface area contributed by atoms with E-state index in [1.807, 2.05) is 4.90 Å². The minimum atomic E-state index is -0.218. The molecule has 0 aromatic carbocycles. The molecule has 1 aromatic heterocycles. The van der Waals surface area contributed by atoms with Crippen molar-refractivity contribution in [1.82, 2.24) is 15.1 Å². The van der Waals surface area contributed by atoms with Crippen LogP contribution in [0, 0.1) is 24.7 Å². The fourth-order valence-electron chi connectivity index (χ4n) is 4.31. The fourth-order valence-corrected chi connectivity index (χ4v) is 4.31. The molecule has 0 unspecified atom stereocenters. The Morgan fingerprint density at radius 2 is 2.04 bits per heavy atom. The minimum Gasteiger partial charge on any atom is -0.423 e. The lowest BCUT2D eigenvalue weighted by atomic mass is 9.85. The highest BCUT2D eigenvalue weighted by molar-refractivity contribution is 5.82. The van der Waals surface area contributed by atoms with E-state index in [1.165, 1.54) is 32.1 Å². The van der Waals surface area contributed by atoms with E-state index in [4.69, 9.17) is 9.15 Å². The molecule has 23 heavy (non-hydrogen) atoms. The summed E-state index contributed by atoms with van der Waals surface area (Å²) in [5, 5.41) is 7.99. The predicted octanol–water partition coefficient (Wildman–Crippen LogP) is 2.49. The Labute approximate surface area is 136 Å². The van der Waals surface area contributed by atoms with Gasteiger partial charge >= 0.3 is 0 Å². The summed E-state index contributed by atoms with van der Waals surface area (Å²) in [6.07, 6.45) is 7.72. The second-order valence-corrected chi connectivity index (χ2v) is 7.19. The van der Waals surface area contributed by atoms with Crippen molar-refractivity contribution in [2.75, 3.05) is 19.8 Å². The molecule has 1 amide bonds. The van der Waals surface area contributed by atoms with Crippen LogP contribution in [0.4, 0.5) is 0 Å². The van der Waals surface area contributed by atoms with Crippen molar-refractivity contribution >= 4 is 5.91 Å². The van der Waals surface area contributed by atoms with Gasteiger partial charge in [-0.25, -0.2) is 0 Å². The highest BCUT2D eigenvalue weighted by Gasteiger charge is 2.50. The Balaban J connectivity index is 1.44. The minimum absolute atomic E-state index is 0.211. The molecule has 0 N–H and O–H groups in total. The van der Waals surface area contributed by atoms with E-state index in [0.29, 0.717) is 37.5 Å². The highest BCUT2D eigenvalue weighted by Crippen LogP contribution is 2.50. The summed E-state index contributed by atoms with van der Waals surface area (Å²) >= 11 is 0. The lowest BCUT2D eigenvalue weighted by Gasteiger charge is -2.34. The van der Waals surface area contributed by atoms with Gasteiger partial charge in [0, 0.05) is 19.4 Å². The number of carbonyl (C=O) groups excluding carboxylic acids is 1. The SMILES string of the molecule is Cc1nnc([C@@H]2COCCN2C(=O)[C@H]2C[C@@H]2C2CCCCC2)o1. The first-order chi connectivity index (χ1) is 11.2. The van der Waals surface area contributed by atoms with Crippen LogP contribution in [-0.4, -0.2) is 40.8 Å². The summed E-state index contributed by atoms with van der Waals surface area (Å²) < 4.78 is 11.1. The number of carbonyl (C=O) groups is 1. The van der Waals surface area contributed by atoms with Crippen molar-refractivity contribution in [3.05, 3.63) is 11.8 Å².